The second kappa shape index (κ2) is 13.0. The SMILES string of the molecule is [2H]c1c([2H])c([2H])c(-c2ccccc2-c2nc(-c3ccccc3)nc(-n3c4ccccc4c4ccc5c6ccccc6n(-c6ccc(-c7ccccc7)cc6)c5c43)n2)c([2H])c1[2H]. The maximum Gasteiger partial charge on any atom is 0.238 e. The second-order valence-electron chi connectivity index (χ2n) is 13.7. The van der Waals surface area contributed by atoms with Crippen molar-refractivity contribution in [1.29, 1.82) is 0 Å². The third-order valence-corrected chi connectivity index (χ3v) is 10.5. The number of aromatic nitrogens is 5. The maximum absolute atomic E-state index is 8.88. The highest BCUT2D eigenvalue weighted by Crippen LogP contribution is 2.42. The van der Waals surface area contributed by atoms with Crippen LogP contribution in [0, 0.1) is 0 Å². The van der Waals surface area contributed by atoms with Crippen LogP contribution in [0.15, 0.2) is 200 Å². The molecule has 0 radical (unpaired) electrons. The Kier molecular flexibility index (Phi) is 6.29. The highest BCUT2D eigenvalue weighted by atomic mass is 15.2. The number of benzene rings is 8. The van der Waals surface area contributed by atoms with Gasteiger partial charge in [-0.15, -0.1) is 0 Å². The van der Waals surface area contributed by atoms with Crippen molar-refractivity contribution in [3.63, 3.8) is 0 Å². The van der Waals surface area contributed by atoms with E-state index in [1.165, 1.54) is 0 Å². The minimum atomic E-state index is -0.452. The predicted octanol–water partition coefficient (Wildman–Crippen LogP) is 12.7. The standard InChI is InChI=1S/C51H33N5/c1-4-16-34(17-5-1)35-28-30-38(31-29-35)55-45-26-14-12-23-40(45)42-32-33-43-41-24-13-15-27-46(41)56(48(43)47(42)55)51-53-49(37-20-8-3-9-21-37)52-50(54-51)44-25-11-10-22-39(44)36-18-6-2-7-19-36/h1-33H/i2D,6D,7D,18D,19D. The fourth-order valence-electron chi connectivity index (χ4n) is 7.99. The zero-order chi connectivity index (χ0) is 41.4. The van der Waals surface area contributed by atoms with Gasteiger partial charge >= 0.3 is 0 Å². The van der Waals surface area contributed by atoms with E-state index in [1.807, 2.05) is 60.7 Å². The Bertz CT molecular complexity index is 3500. The molecule has 0 bridgehead atoms. The zero-order valence-electron chi connectivity index (χ0n) is 34.9. The van der Waals surface area contributed by atoms with Gasteiger partial charge in [-0.2, -0.15) is 9.97 Å². The van der Waals surface area contributed by atoms with E-state index in [0.717, 1.165) is 66.0 Å². The summed E-state index contributed by atoms with van der Waals surface area (Å²) >= 11 is 0. The Morgan fingerprint density at radius 2 is 0.875 bits per heavy atom. The van der Waals surface area contributed by atoms with Crippen molar-refractivity contribution in [1.82, 2.24) is 24.1 Å². The average Bonchev–Trinajstić information content (AvgIpc) is 3.84. The van der Waals surface area contributed by atoms with Gasteiger partial charge in [-0.05, 0) is 46.5 Å². The lowest BCUT2D eigenvalue weighted by atomic mass is 9.99. The van der Waals surface area contributed by atoms with Gasteiger partial charge in [0, 0.05) is 38.4 Å². The summed E-state index contributed by atoms with van der Waals surface area (Å²) in [5.41, 5.74) is 8.90. The molecule has 3 aromatic heterocycles. The molecule has 0 fully saturated rings. The van der Waals surface area contributed by atoms with Crippen LogP contribution in [0.3, 0.4) is 0 Å². The van der Waals surface area contributed by atoms with Gasteiger partial charge < -0.3 is 4.57 Å². The third-order valence-electron chi connectivity index (χ3n) is 10.5. The minimum absolute atomic E-state index is 0.0752. The van der Waals surface area contributed by atoms with E-state index in [1.54, 1.807) is 12.1 Å². The predicted molar refractivity (Wildman–Crippen MR) is 230 cm³/mol. The first kappa shape index (κ1) is 27.0. The van der Waals surface area contributed by atoms with Crippen LogP contribution >= 0.6 is 0 Å². The summed E-state index contributed by atoms with van der Waals surface area (Å²) in [7, 11) is 0. The molecule has 0 atom stereocenters. The van der Waals surface area contributed by atoms with Gasteiger partial charge in [0.15, 0.2) is 11.6 Å². The molecule has 5 heteroatoms. The third kappa shape index (κ3) is 5.13. The van der Waals surface area contributed by atoms with E-state index in [9.17, 15) is 0 Å². The monoisotopic (exact) mass is 720 g/mol. The fourth-order valence-corrected chi connectivity index (χ4v) is 7.99. The van der Waals surface area contributed by atoms with Gasteiger partial charge in [0.25, 0.3) is 0 Å². The molecular formula is C51H33N5. The number of rotatable bonds is 6. The first-order valence-corrected chi connectivity index (χ1v) is 18.5. The van der Waals surface area contributed by atoms with Gasteiger partial charge in [0.2, 0.25) is 5.95 Å². The van der Waals surface area contributed by atoms with E-state index in [0.29, 0.717) is 28.7 Å². The molecule has 5 nitrogen and oxygen atoms in total. The Hall–Kier alpha value is -7.63. The lowest BCUT2D eigenvalue weighted by Gasteiger charge is -2.14. The molecule has 0 saturated heterocycles. The molecule has 0 N–H and O–H groups in total. The quantitative estimate of drug-likeness (QED) is 0.172. The summed E-state index contributed by atoms with van der Waals surface area (Å²) in [5.74, 6) is 1.09. The van der Waals surface area contributed by atoms with E-state index in [2.05, 4.69) is 106 Å². The summed E-state index contributed by atoms with van der Waals surface area (Å²) in [6.07, 6.45) is 0. The van der Waals surface area contributed by atoms with Crippen LogP contribution in [-0.2, 0) is 0 Å². The van der Waals surface area contributed by atoms with Crippen molar-refractivity contribution in [3.05, 3.63) is 200 Å². The van der Waals surface area contributed by atoms with Gasteiger partial charge in [-0.3, -0.25) is 4.57 Å². The van der Waals surface area contributed by atoms with Gasteiger partial charge in [0.05, 0.1) is 28.9 Å². The molecule has 262 valence electrons. The van der Waals surface area contributed by atoms with Crippen molar-refractivity contribution < 1.29 is 6.85 Å². The molecule has 0 amide bonds. The van der Waals surface area contributed by atoms with E-state index < -0.39 is 18.1 Å². The second-order valence-corrected chi connectivity index (χ2v) is 13.7. The Balaban J connectivity index is 1.24. The van der Waals surface area contributed by atoms with Crippen LogP contribution in [0.5, 0.6) is 0 Å². The molecule has 0 aliphatic rings. The van der Waals surface area contributed by atoms with Crippen LogP contribution in [-0.4, -0.2) is 24.1 Å². The fraction of sp³-hybridized carbons (Fsp3) is 0. The van der Waals surface area contributed by atoms with Gasteiger partial charge in [-0.1, -0.05) is 176 Å². The van der Waals surface area contributed by atoms with Crippen LogP contribution in [0.25, 0.3) is 100 Å². The highest BCUT2D eigenvalue weighted by Gasteiger charge is 2.24. The molecule has 3 heterocycles. The smallest absolute Gasteiger partial charge is 0.238 e. The molecule has 11 aromatic rings. The summed E-state index contributed by atoms with van der Waals surface area (Å²) in [4.78, 5) is 15.5. The molecule has 0 aliphatic carbocycles. The summed E-state index contributed by atoms with van der Waals surface area (Å²) in [5, 5.41) is 4.23. The number of para-hydroxylation sites is 2. The normalized spacial score (nSPS) is 12.8. The Labute approximate surface area is 330 Å². The van der Waals surface area contributed by atoms with Crippen LogP contribution < -0.4 is 0 Å². The van der Waals surface area contributed by atoms with E-state index in [-0.39, 0.29) is 17.6 Å². The molecule has 56 heavy (non-hydrogen) atoms. The lowest BCUT2D eigenvalue weighted by molar-refractivity contribution is 0.953. The molecule has 0 saturated carbocycles. The van der Waals surface area contributed by atoms with Crippen molar-refractivity contribution in [3.8, 4) is 56.7 Å². The Morgan fingerprint density at radius 3 is 1.55 bits per heavy atom. The van der Waals surface area contributed by atoms with Crippen LogP contribution in [0.2, 0.25) is 0 Å². The van der Waals surface area contributed by atoms with E-state index >= 15 is 0 Å². The van der Waals surface area contributed by atoms with Crippen molar-refractivity contribution in [2.24, 2.45) is 0 Å². The first-order valence-electron chi connectivity index (χ1n) is 21.0. The molecular weight excluding hydrogens is 683 g/mol. The maximum atomic E-state index is 8.88. The number of hydrogen-bond donors (Lipinski definition) is 0. The topological polar surface area (TPSA) is 48.5 Å². The van der Waals surface area contributed by atoms with Gasteiger partial charge in [0.1, 0.15) is 0 Å². The van der Waals surface area contributed by atoms with Crippen LogP contribution in [0.1, 0.15) is 6.85 Å². The molecule has 0 spiro atoms. The zero-order valence-corrected chi connectivity index (χ0v) is 29.9. The molecule has 11 rings (SSSR count). The number of fused-ring (bicyclic) bond motifs is 7. The Morgan fingerprint density at radius 1 is 0.357 bits per heavy atom. The summed E-state index contributed by atoms with van der Waals surface area (Å²) in [6, 6.07) is 55.2. The minimum Gasteiger partial charge on any atom is -0.307 e. The van der Waals surface area contributed by atoms with Gasteiger partial charge in [-0.25, -0.2) is 4.98 Å². The summed E-state index contributed by atoms with van der Waals surface area (Å²) in [6.45, 7) is 0. The van der Waals surface area contributed by atoms with E-state index in [4.69, 9.17) is 21.8 Å². The number of hydrogen-bond acceptors (Lipinski definition) is 3. The van der Waals surface area contributed by atoms with Crippen molar-refractivity contribution >= 4 is 43.6 Å². The first-order chi connectivity index (χ1) is 29.9. The van der Waals surface area contributed by atoms with Crippen LogP contribution in [0.4, 0.5) is 0 Å². The largest absolute Gasteiger partial charge is 0.307 e. The lowest BCUT2D eigenvalue weighted by Crippen LogP contribution is -2.07. The summed E-state index contributed by atoms with van der Waals surface area (Å²) < 4.78 is 47.4. The number of nitrogens with zero attached hydrogens (tertiary/aromatic N) is 5. The molecule has 8 aromatic carbocycles. The average molecular weight is 721 g/mol. The molecule has 0 aliphatic heterocycles. The highest BCUT2D eigenvalue weighted by molar-refractivity contribution is 6.23. The van der Waals surface area contributed by atoms with Crippen molar-refractivity contribution in [2.75, 3.05) is 0 Å². The molecule has 0 unspecified atom stereocenters. The van der Waals surface area contributed by atoms with Crippen molar-refractivity contribution in [2.45, 2.75) is 0 Å².